The van der Waals surface area contributed by atoms with Crippen LogP contribution in [-0.2, 0) is 13.6 Å². The zero-order valence-corrected chi connectivity index (χ0v) is 11.8. The van der Waals surface area contributed by atoms with E-state index in [2.05, 4.69) is 30.5 Å². The third kappa shape index (κ3) is 2.20. The molecule has 100 valence electrons. The molecule has 0 spiro atoms. The normalized spacial score (nSPS) is 32.1. The molecule has 0 aromatic carbocycles. The van der Waals surface area contributed by atoms with Crippen LogP contribution in [0.1, 0.15) is 43.9 Å². The van der Waals surface area contributed by atoms with Crippen LogP contribution in [0.15, 0.2) is 6.20 Å². The van der Waals surface area contributed by atoms with E-state index < -0.39 is 0 Å². The third-order valence-electron chi connectivity index (χ3n) is 5.16. The predicted octanol–water partition coefficient (Wildman–Crippen LogP) is 2.64. The van der Waals surface area contributed by atoms with Crippen LogP contribution < -0.4 is 5.32 Å². The van der Waals surface area contributed by atoms with E-state index in [0.29, 0.717) is 6.04 Å². The standard InChI is InChI=1S/C15H25N3/c1-10-14(9-18(3)17-10)8-16-11(2)15-7-12-4-5-13(15)6-12/h9,11-13,15-16H,4-8H2,1-3H3. The van der Waals surface area contributed by atoms with E-state index >= 15 is 0 Å². The number of aromatic nitrogens is 2. The summed E-state index contributed by atoms with van der Waals surface area (Å²) in [5, 5.41) is 8.13. The Kier molecular flexibility index (Phi) is 3.18. The maximum absolute atomic E-state index is 4.40. The predicted molar refractivity (Wildman–Crippen MR) is 73.2 cm³/mol. The Labute approximate surface area is 110 Å². The summed E-state index contributed by atoms with van der Waals surface area (Å²) in [5.74, 6) is 2.97. The van der Waals surface area contributed by atoms with Gasteiger partial charge >= 0.3 is 0 Å². The first kappa shape index (κ1) is 12.2. The Morgan fingerprint density at radius 3 is 2.83 bits per heavy atom. The van der Waals surface area contributed by atoms with Gasteiger partial charge in [0.05, 0.1) is 5.69 Å². The van der Waals surface area contributed by atoms with Crippen LogP contribution in [0.2, 0.25) is 0 Å². The average molecular weight is 247 g/mol. The molecule has 1 aromatic rings. The zero-order chi connectivity index (χ0) is 12.7. The molecule has 18 heavy (non-hydrogen) atoms. The highest BCUT2D eigenvalue weighted by Crippen LogP contribution is 2.49. The van der Waals surface area contributed by atoms with Crippen LogP contribution in [0.3, 0.4) is 0 Å². The van der Waals surface area contributed by atoms with Crippen LogP contribution in [0.25, 0.3) is 0 Å². The summed E-state index contributed by atoms with van der Waals surface area (Å²) in [6, 6.07) is 0.653. The molecule has 2 saturated carbocycles. The van der Waals surface area contributed by atoms with E-state index in [1.807, 2.05) is 11.7 Å². The summed E-state index contributed by atoms with van der Waals surface area (Å²) in [6.45, 7) is 5.44. The van der Waals surface area contributed by atoms with E-state index in [0.717, 1.165) is 30.0 Å². The SMILES string of the molecule is Cc1nn(C)cc1CNC(C)C1CC2CCC1C2. The molecule has 2 fully saturated rings. The summed E-state index contributed by atoms with van der Waals surface area (Å²) in [5.41, 5.74) is 2.50. The van der Waals surface area contributed by atoms with Gasteiger partial charge in [-0.1, -0.05) is 6.42 Å². The fraction of sp³-hybridized carbons (Fsp3) is 0.800. The van der Waals surface area contributed by atoms with Gasteiger partial charge in [-0.15, -0.1) is 0 Å². The van der Waals surface area contributed by atoms with Crippen LogP contribution in [-0.4, -0.2) is 15.8 Å². The number of aryl methyl sites for hydroxylation is 2. The van der Waals surface area contributed by atoms with Crippen molar-refractivity contribution in [2.75, 3.05) is 0 Å². The van der Waals surface area contributed by atoms with Crippen molar-refractivity contribution < 1.29 is 0 Å². The van der Waals surface area contributed by atoms with Gasteiger partial charge in [-0.3, -0.25) is 4.68 Å². The van der Waals surface area contributed by atoms with Gasteiger partial charge in [0.15, 0.2) is 0 Å². The number of rotatable bonds is 4. The molecule has 4 atom stereocenters. The fourth-order valence-corrected chi connectivity index (χ4v) is 4.15. The Balaban J connectivity index is 1.55. The van der Waals surface area contributed by atoms with Crippen molar-refractivity contribution >= 4 is 0 Å². The molecule has 2 aliphatic rings. The Morgan fingerprint density at radius 2 is 2.28 bits per heavy atom. The van der Waals surface area contributed by atoms with Gasteiger partial charge in [-0.05, 0) is 50.9 Å². The minimum absolute atomic E-state index is 0.653. The van der Waals surface area contributed by atoms with E-state index in [4.69, 9.17) is 0 Å². The molecule has 1 N–H and O–H groups in total. The van der Waals surface area contributed by atoms with Gasteiger partial charge in [-0.2, -0.15) is 5.10 Å². The first-order valence-corrected chi connectivity index (χ1v) is 7.36. The minimum atomic E-state index is 0.653. The quantitative estimate of drug-likeness (QED) is 0.886. The number of hydrogen-bond acceptors (Lipinski definition) is 2. The van der Waals surface area contributed by atoms with E-state index in [-0.39, 0.29) is 0 Å². The second kappa shape index (κ2) is 4.69. The minimum Gasteiger partial charge on any atom is -0.310 e. The molecule has 0 amide bonds. The average Bonchev–Trinajstić information content (AvgIpc) is 3.01. The second-order valence-corrected chi connectivity index (χ2v) is 6.42. The topological polar surface area (TPSA) is 29.9 Å². The maximum atomic E-state index is 4.40. The van der Waals surface area contributed by atoms with Gasteiger partial charge in [0.1, 0.15) is 0 Å². The van der Waals surface area contributed by atoms with Gasteiger partial charge in [-0.25, -0.2) is 0 Å². The summed E-state index contributed by atoms with van der Waals surface area (Å²) >= 11 is 0. The van der Waals surface area contributed by atoms with Crippen molar-refractivity contribution in [2.24, 2.45) is 24.8 Å². The van der Waals surface area contributed by atoms with Crippen molar-refractivity contribution in [1.82, 2.24) is 15.1 Å². The number of fused-ring (bicyclic) bond motifs is 2. The lowest BCUT2D eigenvalue weighted by Gasteiger charge is -2.28. The Morgan fingerprint density at radius 1 is 1.44 bits per heavy atom. The smallest absolute Gasteiger partial charge is 0.0638 e. The Hall–Kier alpha value is -0.830. The molecule has 2 bridgehead atoms. The molecule has 4 unspecified atom stereocenters. The highest BCUT2D eigenvalue weighted by atomic mass is 15.2. The van der Waals surface area contributed by atoms with Gasteiger partial charge < -0.3 is 5.32 Å². The highest BCUT2D eigenvalue weighted by Gasteiger charge is 2.41. The van der Waals surface area contributed by atoms with Crippen molar-refractivity contribution in [2.45, 2.75) is 52.1 Å². The summed E-state index contributed by atoms with van der Waals surface area (Å²) in [6.07, 6.45) is 8.08. The highest BCUT2D eigenvalue weighted by molar-refractivity contribution is 5.15. The van der Waals surface area contributed by atoms with Crippen LogP contribution >= 0.6 is 0 Å². The lowest BCUT2D eigenvalue weighted by Crippen LogP contribution is -2.35. The molecule has 3 heteroatoms. The largest absolute Gasteiger partial charge is 0.310 e. The summed E-state index contributed by atoms with van der Waals surface area (Å²) in [4.78, 5) is 0. The van der Waals surface area contributed by atoms with Gasteiger partial charge in [0.25, 0.3) is 0 Å². The summed E-state index contributed by atoms with van der Waals surface area (Å²) < 4.78 is 1.91. The molecule has 0 aliphatic heterocycles. The van der Waals surface area contributed by atoms with Gasteiger partial charge in [0.2, 0.25) is 0 Å². The first-order chi connectivity index (χ1) is 8.63. The maximum Gasteiger partial charge on any atom is 0.0638 e. The van der Waals surface area contributed by atoms with Crippen molar-refractivity contribution in [3.8, 4) is 0 Å². The van der Waals surface area contributed by atoms with E-state index in [1.165, 1.54) is 31.2 Å². The van der Waals surface area contributed by atoms with Crippen LogP contribution in [0.5, 0.6) is 0 Å². The molecule has 0 radical (unpaired) electrons. The number of hydrogen-bond donors (Lipinski definition) is 1. The molecule has 1 aromatic heterocycles. The molecule has 0 saturated heterocycles. The molecule has 3 rings (SSSR count). The molecule has 2 aliphatic carbocycles. The molecular weight excluding hydrogens is 222 g/mol. The lowest BCUT2D eigenvalue weighted by molar-refractivity contribution is 0.259. The second-order valence-electron chi connectivity index (χ2n) is 6.42. The fourth-order valence-electron chi connectivity index (χ4n) is 4.15. The third-order valence-corrected chi connectivity index (χ3v) is 5.16. The zero-order valence-electron chi connectivity index (χ0n) is 11.8. The lowest BCUT2D eigenvalue weighted by atomic mass is 9.84. The van der Waals surface area contributed by atoms with Gasteiger partial charge in [0, 0.05) is 31.4 Å². The number of nitrogens with zero attached hydrogens (tertiary/aromatic N) is 2. The van der Waals surface area contributed by atoms with E-state index in [1.54, 1.807) is 0 Å². The van der Waals surface area contributed by atoms with Crippen LogP contribution in [0, 0.1) is 24.7 Å². The summed E-state index contributed by atoms with van der Waals surface area (Å²) in [7, 11) is 2.00. The van der Waals surface area contributed by atoms with Crippen molar-refractivity contribution in [3.63, 3.8) is 0 Å². The molecule has 3 nitrogen and oxygen atoms in total. The monoisotopic (exact) mass is 247 g/mol. The Bertz CT molecular complexity index is 423. The first-order valence-electron chi connectivity index (χ1n) is 7.36. The van der Waals surface area contributed by atoms with E-state index in [9.17, 15) is 0 Å². The molecular formula is C15H25N3. The van der Waals surface area contributed by atoms with Crippen molar-refractivity contribution in [3.05, 3.63) is 17.5 Å². The van der Waals surface area contributed by atoms with Crippen LogP contribution in [0.4, 0.5) is 0 Å². The van der Waals surface area contributed by atoms with Crippen molar-refractivity contribution in [1.29, 1.82) is 0 Å². The number of nitrogens with one attached hydrogen (secondary N) is 1. The molecule has 1 heterocycles.